The van der Waals surface area contributed by atoms with Crippen molar-refractivity contribution in [3.8, 4) is 0 Å². The van der Waals surface area contributed by atoms with E-state index in [1.165, 1.54) is 0 Å². The molecule has 7 nitrogen and oxygen atoms in total. The minimum absolute atomic E-state index is 0.0135. The molecular formula is C33H55N3O4. The van der Waals surface area contributed by atoms with Crippen LogP contribution < -0.4 is 0 Å². The fourth-order valence-electron chi connectivity index (χ4n) is 5.77. The molecule has 7 heteroatoms. The van der Waals surface area contributed by atoms with Crippen molar-refractivity contribution in [1.29, 1.82) is 0 Å². The van der Waals surface area contributed by atoms with Crippen molar-refractivity contribution in [3.63, 3.8) is 0 Å². The molecule has 1 aliphatic heterocycles. The number of benzene rings is 1. The normalized spacial score (nSPS) is 22.1. The summed E-state index contributed by atoms with van der Waals surface area (Å²) < 4.78 is 4.98. The summed E-state index contributed by atoms with van der Waals surface area (Å²) in [6.45, 7) is 19.4. The number of likely N-dealkylation sites (N-methyl/N-ethyl adjacent to an activating group) is 1. The Morgan fingerprint density at radius 1 is 1.10 bits per heavy atom. The molecule has 0 bridgehead atoms. The molecule has 1 amide bonds. The molecule has 0 saturated heterocycles. The van der Waals surface area contributed by atoms with Crippen LogP contribution in [0.15, 0.2) is 29.3 Å². The van der Waals surface area contributed by atoms with Crippen LogP contribution in [0, 0.1) is 16.7 Å². The number of nitrogens with zero attached hydrogens (tertiary/aromatic N) is 3. The predicted molar refractivity (Wildman–Crippen MR) is 164 cm³/mol. The molecule has 0 aromatic heterocycles. The lowest BCUT2D eigenvalue weighted by atomic mass is 9.69. The number of carboxylic acid groups (broad SMARTS) is 1. The number of carbonyl (C=O) groups excluding carboxylic acids is 1. The third-order valence-corrected chi connectivity index (χ3v) is 8.18. The summed E-state index contributed by atoms with van der Waals surface area (Å²) in [5.41, 5.74) is 1.06. The van der Waals surface area contributed by atoms with Gasteiger partial charge in [0.15, 0.2) is 5.84 Å². The number of hydrogen-bond acceptors (Lipinski definition) is 5. The summed E-state index contributed by atoms with van der Waals surface area (Å²) in [7, 11) is 3.78. The van der Waals surface area contributed by atoms with Gasteiger partial charge >= 0.3 is 5.97 Å². The van der Waals surface area contributed by atoms with Crippen LogP contribution >= 0.6 is 0 Å². The van der Waals surface area contributed by atoms with E-state index < -0.39 is 11.6 Å². The van der Waals surface area contributed by atoms with E-state index in [4.69, 9.17) is 9.73 Å². The summed E-state index contributed by atoms with van der Waals surface area (Å²) in [4.78, 5) is 34.3. The molecule has 0 radical (unpaired) electrons. The first-order valence-corrected chi connectivity index (χ1v) is 15.1. The molecule has 1 fully saturated rings. The van der Waals surface area contributed by atoms with Crippen molar-refractivity contribution in [2.75, 3.05) is 27.3 Å². The lowest BCUT2D eigenvalue weighted by molar-refractivity contribution is -0.134. The fraction of sp³-hybridized carbons (Fsp3) is 0.727. The van der Waals surface area contributed by atoms with E-state index in [0.717, 1.165) is 63.7 Å². The zero-order valence-corrected chi connectivity index (χ0v) is 26.8. The highest BCUT2D eigenvalue weighted by Gasteiger charge is 2.53. The van der Waals surface area contributed by atoms with E-state index in [1.54, 1.807) is 12.1 Å². The minimum Gasteiger partial charge on any atom is -0.478 e. The Kier molecular flexibility index (Phi) is 11.8. The second-order valence-corrected chi connectivity index (χ2v) is 13.9. The molecule has 2 aliphatic rings. The number of aliphatic imine (C=N–C) groups is 1. The molecule has 1 N–H and O–H groups in total. The van der Waals surface area contributed by atoms with E-state index in [1.807, 2.05) is 38.1 Å². The number of rotatable bonds is 8. The standard InChI is InChI=1S/C28H43N3O3.C5H12O/c1-26(2,3)16-15-22(19-9-11-20(12-10-19)25(33)34)31-24(32)23(30(7)8)29-28(31)17-13-21(14-18-28)27(4,5)6;1-3-5-6-4-2/h9-12,21-22H,13-18H2,1-8H3,(H,33,34);3-5H2,1-2H3. The van der Waals surface area contributed by atoms with E-state index in [2.05, 4.69) is 53.4 Å². The Bertz CT molecular complexity index is 990. The molecule has 40 heavy (non-hydrogen) atoms. The number of carboxylic acids is 1. The molecule has 1 unspecified atom stereocenters. The zero-order chi connectivity index (χ0) is 30.3. The van der Waals surface area contributed by atoms with Crippen LogP contribution in [0.1, 0.15) is 122 Å². The summed E-state index contributed by atoms with van der Waals surface area (Å²) in [6.07, 6.45) is 6.69. The minimum atomic E-state index is -0.940. The van der Waals surface area contributed by atoms with Gasteiger partial charge in [0.25, 0.3) is 5.91 Å². The topological polar surface area (TPSA) is 82.4 Å². The molecule has 1 aliphatic carbocycles. The lowest BCUT2D eigenvalue weighted by Crippen LogP contribution is -2.52. The lowest BCUT2D eigenvalue weighted by Gasteiger charge is -2.47. The maximum absolute atomic E-state index is 13.9. The first-order chi connectivity index (χ1) is 18.6. The van der Waals surface area contributed by atoms with Crippen LogP contribution in [0.25, 0.3) is 0 Å². The molecule has 1 aromatic carbocycles. The zero-order valence-electron chi connectivity index (χ0n) is 26.8. The van der Waals surface area contributed by atoms with Crippen LogP contribution in [0.3, 0.4) is 0 Å². The number of amidine groups is 1. The molecule has 226 valence electrons. The van der Waals surface area contributed by atoms with Crippen LogP contribution in [0.2, 0.25) is 0 Å². The van der Waals surface area contributed by atoms with Crippen molar-refractivity contribution in [2.24, 2.45) is 21.7 Å². The van der Waals surface area contributed by atoms with Gasteiger partial charge in [0.1, 0.15) is 5.66 Å². The summed E-state index contributed by atoms with van der Waals surface area (Å²) in [5.74, 6) is 0.180. The average molecular weight is 558 g/mol. The van der Waals surface area contributed by atoms with Gasteiger partial charge < -0.3 is 19.6 Å². The smallest absolute Gasteiger partial charge is 0.335 e. The predicted octanol–water partition coefficient (Wildman–Crippen LogP) is 7.42. The second-order valence-electron chi connectivity index (χ2n) is 13.9. The summed E-state index contributed by atoms with van der Waals surface area (Å²) >= 11 is 0. The number of ether oxygens (including phenoxy) is 1. The first kappa shape index (κ1) is 33.8. The second kappa shape index (κ2) is 14.0. The Balaban J connectivity index is 0.000000840. The van der Waals surface area contributed by atoms with Gasteiger partial charge in [0.05, 0.1) is 11.6 Å². The fourth-order valence-corrected chi connectivity index (χ4v) is 5.77. The van der Waals surface area contributed by atoms with Gasteiger partial charge in [0.2, 0.25) is 0 Å². The van der Waals surface area contributed by atoms with Gasteiger partial charge in [-0.05, 0) is 86.3 Å². The van der Waals surface area contributed by atoms with E-state index >= 15 is 0 Å². The first-order valence-electron chi connectivity index (χ1n) is 15.1. The van der Waals surface area contributed by atoms with Crippen LogP contribution in [0.4, 0.5) is 0 Å². The van der Waals surface area contributed by atoms with Gasteiger partial charge in [-0.25, -0.2) is 9.79 Å². The van der Waals surface area contributed by atoms with Gasteiger partial charge in [0, 0.05) is 27.3 Å². The number of hydrogen-bond donors (Lipinski definition) is 1. The Morgan fingerprint density at radius 2 is 1.68 bits per heavy atom. The van der Waals surface area contributed by atoms with Gasteiger partial charge in [-0.15, -0.1) is 0 Å². The molecule has 1 heterocycles. The van der Waals surface area contributed by atoms with Crippen molar-refractivity contribution >= 4 is 17.7 Å². The highest BCUT2D eigenvalue weighted by Crippen LogP contribution is 2.50. The van der Waals surface area contributed by atoms with Crippen LogP contribution in [-0.4, -0.2) is 65.6 Å². The number of aromatic carboxylic acids is 1. The van der Waals surface area contributed by atoms with Gasteiger partial charge in [-0.3, -0.25) is 4.79 Å². The van der Waals surface area contributed by atoms with Gasteiger partial charge in [-0.1, -0.05) is 60.6 Å². The maximum atomic E-state index is 13.9. The SMILES string of the molecule is CCCOCC.CN(C)C1=NC2(CCC(C(C)(C)C)CC2)N(C(CCC(C)(C)C)c2ccc(C(=O)O)cc2)C1=O. The summed E-state index contributed by atoms with van der Waals surface area (Å²) in [5, 5.41) is 9.37. The number of carbonyl (C=O) groups is 2. The Morgan fingerprint density at radius 3 is 2.08 bits per heavy atom. The third-order valence-electron chi connectivity index (χ3n) is 8.18. The Hall–Kier alpha value is -2.41. The molecule has 1 spiro atoms. The highest BCUT2D eigenvalue weighted by molar-refractivity contribution is 6.39. The van der Waals surface area contributed by atoms with E-state index in [9.17, 15) is 14.7 Å². The molecule has 3 rings (SSSR count). The molecule has 1 atom stereocenters. The quantitative estimate of drug-likeness (QED) is 0.336. The van der Waals surface area contributed by atoms with E-state index in [0.29, 0.717) is 11.8 Å². The van der Waals surface area contributed by atoms with Gasteiger partial charge in [-0.2, -0.15) is 0 Å². The average Bonchev–Trinajstić information content (AvgIpc) is 3.14. The monoisotopic (exact) mass is 557 g/mol. The van der Waals surface area contributed by atoms with E-state index in [-0.39, 0.29) is 28.3 Å². The van der Waals surface area contributed by atoms with Crippen molar-refractivity contribution in [2.45, 2.75) is 112 Å². The van der Waals surface area contributed by atoms with Crippen LogP contribution in [-0.2, 0) is 9.53 Å². The largest absolute Gasteiger partial charge is 0.478 e. The highest BCUT2D eigenvalue weighted by atomic mass is 16.5. The van der Waals surface area contributed by atoms with Crippen LogP contribution in [0.5, 0.6) is 0 Å². The molecule has 1 saturated carbocycles. The molecular weight excluding hydrogens is 502 g/mol. The Labute approximate surface area is 243 Å². The molecule has 1 aromatic rings. The maximum Gasteiger partial charge on any atom is 0.335 e. The van der Waals surface area contributed by atoms with Crippen molar-refractivity contribution < 1.29 is 19.4 Å². The van der Waals surface area contributed by atoms with Crippen molar-refractivity contribution in [1.82, 2.24) is 9.80 Å². The third kappa shape index (κ3) is 8.79. The number of amides is 1. The summed E-state index contributed by atoms with van der Waals surface area (Å²) in [6, 6.07) is 6.92. The van der Waals surface area contributed by atoms with Crippen molar-refractivity contribution in [3.05, 3.63) is 35.4 Å².